The van der Waals surface area contributed by atoms with Gasteiger partial charge in [0.2, 0.25) is 5.91 Å². The summed E-state index contributed by atoms with van der Waals surface area (Å²) in [6, 6.07) is 7.17. The highest BCUT2D eigenvalue weighted by Gasteiger charge is 2.37. The number of hydrogen-bond acceptors (Lipinski definition) is 4. The van der Waals surface area contributed by atoms with Gasteiger partial charge in [-0.25, -0.2) is 4.79 Å². The second-order valence-corrected chi connectivity index (χ2v) is 8.93. The van der Waals surface area contributed by atoms with E-state index in [1.165, 1.54) is 12.8 Å². The van der Waals surface area contributed by atoms with Crippen molar-refractivity contribution >= 4 is 17.6 Å². The summed E-state index contributed by atoms with van der Waals surface area (Å²) in [6.45, 7) is 7.78. The molecule has 2 fully saturated rings. The number of nitrogens with zero attached hydrogens (tertiary/aromatic N) is 2. The van der Waals surface area contributed by atoms with Crippen LogP contribution in [0.2, 0.25) is 0 Å². The van der Waals surface area contributed by atoms with E-state index in [4.69, 9.17) is 4.74 Å². The van der Waals surface area contributed by atoms with Crippen molar-refractivity contribution in [3.63, 3.8) is 0 Å². The highest BCUT2D eigenvalue weighted by atomic mass is 16.5. The highest BCUT2D eigenvalue weighted by molar-refractivity contribution is 5.89. The van der Waals surface area contributed by atoms with Crippen molar-refractivity contribution in [1.82, 2.24) is 15.1 Å². The van der Waals surface area contributed by atoms with Crippen LogP contribution in [0.15, 0.2) is 24.3 Å². The fourth-order valence-electron chi connectivity index (χ4n) is 4.55. The molecule has 1 saturated carbocycles. The highest BCUT2D eigenvalue weighted by Crippen LogP contribution is 2.31. The van der Waals surface area contributed by atoms with Crippen LogP contribution < -0.4 is 15.4 Å². The van der Waals surface area contributed by atoms with Crippen LogP contribution in [-0.4, -0.2) is 67.6 Å². The Labute approximate surface area is 186 Å². The number of amides is 3. The van der Waals surface area contributed by atoms with Gasteiger partial charge in [-0.1, -0.05) is 33.1 Å². The predicted molar refractivity (Wildman–Crippen MR) is 123 cm³/mol. The van der Waals surface area contributed by atoms with Crippen molar-refractivity contribution in [2.24, 2.45) is 11.8 Å². The van der Waals surface area contributed by atoms with Gasteiger partial charge in [-0.3, -0.25) is 9.69 Å². The Hall–Kier alpha value is -2.28. The zero-order valence-corrected chi connectivity index (χ0v) is 19.2. The lowest BCUT2D eigenvalue weighted by atomic mass is 9.94. The summed E-state index contributed by atoms with van der Waals surface area (Å²) in [6.07, 6.45) is 5.74. The topological polar surface area (TPSA) is 73.9 Å². The summed E-state index contributed by atoms with van der Waals surface area (Å²) in [5.74, 6) is 1.85. The molecule has 1 aliphatic heterocycles. The van der Waals surface area contributed by atoms with Crippen molar-refractivity contribution in [2.45, 2.75) is 52.0 Å². The van der Waals surface area contributed by atoms with Gasteiger partial charge in [0.05, 0.1) is 13.2 Å². The van der Waals surface area contributed by atoms with Crippen molar-refractivity contribution in [3.05, 3.63) is 24.3 Å². The van der Waals surface area contributed by atoms with Crippen LogP contribution in [0.25, 0.3) is 0 Å². The van der Waals surface area contributed by atoms with Crippen LogP contribution in [0, 0.1) is 11.8 Å². The molecule has 3 rings (SSSR count). The maximum absolute atomic E-state index is 13.1. The Morgan fingerprint density at radius 1 is 1.10 bits per heavy atom. The van der Waals surface area contributed by atoms with Gasteiger partial charge in [0, 0.05) is 38.4 Å². The fourth-order valence-corrected chi connectivity index (χ4v) is 4.55. The lowest BCUT2D eigenvalue weighted by molar-refractivity contribution is -0.129. The minimum Gasteiger partial charge on any atom is -0.497 e. The Bertz CT molecular complexity index is 710. The summed E-state index contributed by atoms with van der Waals surface area (Å²) >= 11 is 0. The largest absolute Gasteiger partial charge is 0.497 e. The van der Waals surface area contributed by atoms with Crippen LogP contribution in [-0.2, 0) is 4.79 Å². The molecule has 1 aromatic carbocycles. The smallest absolute Gasteiger partial charge is 0.321 e. The molecule has 0 radical (unpaired) electrons. The summed E-state index contributed by atoms with van der Waals surface area (Å²) in [4.78, 5) is 29.9. The van der Waals surface area contributed by atoms with Gasteiger partial charge in [0.25, 0.3) is 0 Å². The number of rotatable bonds is 8. The second kappa shape index (κ2) is 11.4. The number of benzene rings is 1. The minimum atomic E-state index is -0.0940. The molecule has 2 unspecified atom stereocenters. The minimum absolute atomic E-state index is 0.0710. The first-order chi connectivity index (χ1) is 15.0. The first-order valence-electron chi connectivity index (χ1n) is 11.7. The van der Waals surface area contributed by atoms with Gasteiger partial charge in [-0.15, -0.1) is 0 Å². The van der Waals surface area contributed by atoms with E-state index in [9.17, 15) is 9.59 Å². The number of urea groups is 1. The van der Waals surface area contributed by atoms with E-state index in [0.29, 0.717) is 24.9 Å². The van der Waals surface area contributed by atoms with E-state index in [-0.39, 0.29) is 18.0 Å². The first-order valence-corrected chi connectivity index (χ1v) is 11.7. The molecular weight excluding hydrogens is 392 g/mol. The summed E-state index contributed by atoms with van der Waals surface area (Å²) in [5, 5.41) is 6.16. The molecule has 172 valence electrons. The monoisotopic (exact) mass is 430 g/mol. The van der Waals surface area contributed by atoms with E-state index >= 15 is 0 Å². The molecule has 3 amide bonds. The normalized spacial score (nSPS) is 19.6. The quantitative estimate of drug-likeness (QED) is 0.661. The van der Waals surface area contributed by atoms with E-state index in [1.807, 2.05) is 29.2 Å². The van der Waals surface area contributed by atoms with Gasteiger partial charge < -0.3 is 20.3 Å². The number of piperazine rings is 1. The number of carbonyl (C=O) groups is 2. The zero-order valence-electron chi connectivity index (χ0n) is 19.2. The molecule has 7 heteroatoms. The van der Waals surface area contributed by atoms with Gasteiger partial charge in [-0.2, -0.15) is 0 Å². The molecular formula is C24H38N4O3. The lowest BCUT2D eigenvalue weighted by Gasteiger charge is -2.40. The van der Waals surface area contributed by atoms with Crippen molar-refractivity contribution in [3.8, 4) is 5.75 Å². The van der Waals surface area contributed by atoms with Gasteiger partial charge in [0.15, 0.2) is 0 Å². The number of methoxy groups -OCH3 is 1. The Morgan fingerprint density at radius 2 is 1.74 bits per heavy atom. The van der Waals surface area contributed by atoms with Gasteiger partial charge in [0.1, 0.15) is 5.75 Å². The maximum Gasteiger partial charge on any atom is 0.321 e. The van der Waals surface area contributed by atoms with Crippen molar-refractivity contribution in [1.29, 1.82) is 0 Å². The molecule has 31 heavy (non-hydrogen) atoms. The van der Waals surface area contributed by atoms with Crippen molar-refractivity contribution in [2.75, 3.05) is 45.2 Å². The molecule has 1 aromatic rings. The molecule has 0 aromatic heterocycles. The molecule has 2 atom stereocenters. The van der Waals surface area contributed by atoms with E-state index in [0.717, 1.165) is 50.3 Å². The molecule has 7 nitrogen and oxygen atoms in total. The molecule has 2 N–H and O–H groups in total. The van der Waals surface area contributed by atoms with E-state index in [1.54, 1.807) is 7.11 Å². The molecule has 1 aliphatic carbocycles. The SMILES string of the molecule is CCC(C)CNC(=O)C(C1CCCC1)N1CCN(C(=O)Nc2ccc(OC)cc2)CC1. The summed E-state index contributed by atoms with van der Waals surface area (Å²) in [7, 11) is 1.62. The van der Waals surface area contributed by atoms with Crippen LogP contribution >= 0.6 is 0 Å². The standard InChI is InChI=1S/C24H38N4O3/c1-4-18(2)17-25-23(29)22(19-7-5-6-8-19)27-13-15-28(16-14-27)24(30)26-20-9-11-21(31-3)12-10-20/h9-12,18-19,22H,4-8,13-17H2,1-3H3,(H,25,29)(H,26,30). The number of carbonyl (C=O) groups excluding carboxylic acids is 2. The van der Waals surface area contributed by atoms with Crippen molar-refractivity contribution < 1.29 is 14.3 Å². The Morgan fingerprint density at radius 3 is 2.32 bits per heavy atom. The van der Waals surface area contributed by atoms with Crippen LogP contribution in [0.5, 0.6) is 5.75 Å². The average molecular weight is 431 g/mol. The Balaban J connectivity index is 1.55. The Kier molecular flexibility index (Phi) is 8.58. The molecule has 0 bridgehead atoms. The maximum atomic E-state index is 13.1. The molecule has 2 aliphatic rings. The number of hydrogen-bond donors (Lipinski definition) is 2. The summed E-state index contributed by atoms with van der Waals surface area (Å²) < 4.78 is 5.16. The predicted octanol–water partition coefficient (Wildman–Crippen LogP) is 3.57. The van der Waals surface area contributed by atoms with Crippen LogP contribution in [0.4, 0.5) is 10.5 Å². The molecule has 1 saturated heterocycles. The summed E-state index contributed by atoms with van der Waals surface area (Å²) in [5.41, 5.74) is 0.751. The molecule has 0 spiro atoms. The zero-order chi connectivity index (χ0) is 22.2. The first kappa shape index (κ1) is 23.4. The van der Waals surface area contributed by atoms with E-state index < -0.39 is 0 Å². The van der Waals surface area contributed by atoms with Crippen LogP contribution in [0.1, 0.15) is 46.0 Å². The third-order valence-corrected chi connectivity index (χ3v) is 6.77. The number of ether oxygens (including phenoxy) is 1. The van der Waals surface area contributed by atoms with E-state index in [2.05, 4.69) is 29.4 Å². The third-order valence-electron chi connectivity index (χ3n) is 6.77. The van der Waals surface area contributed by atoms with Crippen LogP contribution in [0.3, 0.4) is 0 Å². The fraction of sp³-hybridized carbons (Fsp3) is 0.667. The average Bonchev–Trinajstić information content (AvgIpc) is 3.32. The van der Waals surface area contributed by atoms with Gasteiger partial charge >= 0.3 is 6.03 Å². The van der Waals surface area contributed by atoms with Gasteiger partial charge in [-0.05, 0) is 48.9 Å². The number of anilines is 1. The lowest BCUT2D eigenvalue weighted by Crippen LogP contribution is -2.58. The molecule has 1 heterocycles. The third kappa shape index (κ3) is 6.35. The second-order valence-electron chi connectivity index (χ2n) is 8.93. The number of nitrogens with one attached hydrogen (secondary N) is 2.